The Kier molecular flexibility index (Phi) is 6.52. The van der Waals surface area contributed by atoms with E-state index in [0.717, 1.165) is 5.75 Å². The number of methoxy groups -OCH3 is 2. The lowest BCUT2D eigenvalue weighted by Crippen LogP contribution is -2.36. The highest BCUT2D eigenvalue weighted by Gasteiger charge is 2.19. The molecule has 0 aliphatic rings. The molecule has 0 spiro atoms. The second-order valence-electron chi connectivity index (χ2n) is 5.31. The molecule has 6 nitrogen and oxygen atoms in total. The first-order valence-corrected chi connectivity index (χ1v) is 9.34. The van der Waals surface area contributed by atoms with Gasteiger partial charge in [-0.1, -0.05) is 11.6 Å². The topological polar surface area (TPSA) is 73.9 Å². The summed E-state index contributed by atoms with van der Waals surface area (Å²) in [5.74, 6) is 1.76. The van der Waals surface area contributed by atoms with Gasteiger partial charge in [0.05, 0.1) is 30.2 Å². The van der Waals surface area contributed by atoms with Gasteiger partial charge in [0.2, 0.25) is 10.0 Å². The third-order valence-electron chi connectivity index (χ3n) is 3.35. The van der Waals surface area contributed by atoms with Gasteiger partial charge in [-0.3, -0.25) is 0 Å². The van der Waals surface area contributed by atoms with Crippen LogP contribution in [0.2, 0.25) is 5.02 Å². The maximum Gasteiger partial charge on any atom is 0.240 e. The molecule has 0 radical (unpaired) electrons. The van der Waals surface area contributed by atoms with Crippen molar-refractivity contribution in [2.75, 3.05) is 20.8 Å². The Morgan fingerprint density at radius 1 is 1.04 bits per heavy atom. The van der Waals surface area contributed by atoms with Gasteiger partial charge in [0.25, 0.3) is 0 Å². The van der Waals surface area contributed by atoms with Gasteiger partial charge in [0.1, 0.15) is 23.9 Å². The van der Waals surface area contributed by atoms with Crippen molar-refractivity contribution in [2.24, 2.45) is 0 Å². The molecule has 1 N–H and O–H groups in total. The third-order valence-corrected chi connectivity index (χ3v) is 5.23. The summed E-state index contributed by atoms with van der Waals surface area (Å²) in [6.07, 6.45) is 0. The lowest BCUT2D eigenvalue weighted by atomic mass is 10.3. The molecule has 2 rings (SSSR count). The van der Waals surface area contributed by atoms with E-state index in [1.54, 1.807) is 38.3 Å². The molecule has 8 heteroatoms. The van der Waals surface area contributed by atoms with Crippen LogP contribution in [0.15, 0.2) is 47.4 Å². The normalized spacial score (nSPS) is 12.5. The first kappa shape index (κ1) is 19.4. The maximum absolute atomic E-state index is 12.4. The minimum Gasteiger partial charge on any atom is -0.497 e. The molecule has 0 fully saturated rings. The van der Waals surface area contributed by atoms with E-state index < -0.39 is 16.1 Å². The van der Waals surface area contributed by atoms with Crippen LogP contribution >= 0.6 is 11.6 Å². The highest BCUT2D eigenvalue weighted by Crippen LogP contribution is 2.27. The molecule has 0 saturated carbocycles. The molecule has 0 saturated heterocycles. The molecule has 2 aromatic rings. The van der Waals surface area contributed by atoms with Crippen molar-refractivity contribution in [3.05, 3.63) is 47.5 Å². The average molecular weight is 386 g/mol. The smallest absolute Gasteiger partial charge is 0.240 e. The van der Waals surface area contributed by atoms with E-state index in [1.807, 2.05) is 0 Å². The van der Waals surface area contributed by atoms with Crippen molar-refractivity contribution >= 4 is 21.6 Å². The number of halogens is 1. The zero-order valence-electron chi connectivity index (χ0n) is 14.2. The van der Waals surface area contributed by atoms with Crippen molar-refractivity contribution in [1.29, 1.82) is 0 Å². The predicted octanol–water partition coefficient (Wildman–Crippen LogP) is 3.10. The summed E-state index contributed by atoms with van der Waals surface area (Å²) in [6.45, 7) is 1.89. The molecule has 25 heavy (non-hydrogen) atoms. The molecular formula is C17H20ClNO5S. The summed E-state index contributed by atoms with van der Waals surface area (Å²) in [7, 11) is -0.666. The molecular weight excluding hydrogens is 366 g/mol. The average Bonchev–Trinajstić information content (AvgIpc) is 2.60. The number of rotatable bonds is 8. The zero-order chi connectivity index (χ0) is 18.4. The largest absolute Gasteiger partial charge is 0.497 e. The first-order valence-electron chi connectivity index (χ1n) is 7.48. The van der Waals surface area contributed by atoms with Crippen molar-refractivity contribution in [3.63, 3.8) is 0 Å². The van der Waals surface area contributed by atoms with Crippen LogP contribution in [0.4, 0.5) is 0 Å². The van der Waals surface area contributed by atoms with Crippen molar-refractivity contribution in [1.82, 2.24) is 4.72 Å². The molecule has 136 valence electrons. The summed E-state index contributed by atoms with van der Waals surface area (Å²) < 4.78 is 43.0. The summed E-state index contributed by atoms with van der Waals surface area (Å²) in [6, 6.07) is 10.9. The summed E-state index contributed by atoms with van der Waals surface area (Å²) in [5, 5.41) is 0.229. The highest BCUT2D eigenvalue weighted by atomic mass is 35.5. The van der Waals surface area contributed by atoms with Gasteiger partial charge in [-0.05, 0) is 49.4 Å². The number of benzene rings is 2. The van der Waals surface area contributed by atoms with Gasteiger partial charge in [0, 0.05) is 0 Å². The summed E-state index contributed by atoms with van der Waals surface area (Å²) >= 11 is 5.99. The van der Waals surface area contributed by atoms with E-state index in [1.165, 1.54) is 25.3 Å². The second kappa shape index (κ2) is 8.42. The van der Waals surface area contributed by atoms with Crippen LogP contribution in [-0.4, -0.2) is 35.3 Å². The van der Waals surface area contributed by atoms with Crippen molar-refractivity contribution < 1.29 is 22.6 Å². The molecule has 2 aromatic carbocycles. The lowest BCUT2D eigenvalue weighted by Gasteiger charge is -2.16. The van der Waals surface area contributed by atoms with Crippen LogP contribution in [0.25, 0.3) is 0 Å². The molecule has 1 atom stereocenters. The van der Waals surface area contributed by atoms with Crippen LogP contribution in [0.1, 0.15) is 6.92 Å². The minimum atomic E-state index is -3.71. The van der Waals surface area contributed by atoms with E-state index in [9.17, 15) is 8.42 Å². The fourth-order valence-electron chi connectivity index (χ4n) is 2.07. The molecule has 0 aromatic heterocycles. The van der Waals surface area contributed by atoms with Gasteiger partial charge >= 0.3 is 0 Å². The molecule has 0 amide bonds. The summed E-state index contributed by atoms with van der Waals surface area (Å²) in [4.78, 5) is 0.0644. The second-order valence-corrected chi connectivity index (χ2v) is 7.43. The Balaban J connectivity index is 1.98. The monoisotopic (exact) mass is 385 g/mol. The SMILES string of the molecule is COc1ccc(OC[C@H](C)NS(=O)(=O)c2ccc(OC)c(Cl)c2)cc1. The van der Waals surface area contributed by atoms with Crippen LogP contribution in [0.5, 0.6) is 17.2 Å². The minimum absolute atomic E-state index is 0.0644. The Bertz CT molecular complexity index is 808. The van der Waals surface area contributed by atoms with Gasteiger partial charge in [-0.25, -0.2) is 13.1 Å². The number of hydrogen-bond acceptors (Lipinski definition) is 5. The quantitative estimate of drug-likeness (QED) is 0.755. The molecule has 0 aliphatic carbocycles. The number of ether oxygens (including phenoxy) is 3. The lowest BCUT2D eigenvalue weighted by molar-refractivity contribution is 0.287. The molecule has 0 heterocycles. The molecule has 0 aliphatic heterocycles. The fraction of sp³-hybridized carbons (Fsp3) is 0.294. The number of nitrogens with one attached hydrogen (secondary N) is 1. The fourth-order valence-corrected chi connectivity index (χ4v) is 3.65. The van der Waals surface area contributed by atoms with Gasteiger partial charge < -0.3 is 14.2 Å². The number of sulfonamides is 1. The third kappa shape index (κ3) is 5.26. The Labute approximate surface area is 152 Å². The highest BCUT2D eigenvalue weighted by molar-refractivity contribution is 7.89. The van der Waals surface area contributed by atoms with Crippen LogP contribution in [-0.2, 0) is 10.0 Å². The van der Waals surface area contributed by atoms with E-state index in [0.29, 0.717) is 11.5 Å². The standard InChI is InChI=1S/C17H20ClNO5S/c1-12(11-24-14-6-4-13(22-2)5-7-14)19-25(20,21)15-8-9-17(23-3)16(18)10-15/h4-10,12,19H,11H2,1-3H3/t12-/m0/s1. The van der Waals surface area contributed by atoms with E-state index in [-0.39, 0.29) is 16.5 Å². The van der Waals surface area contributed by atoms with Gasteiger partial charge in [-0.15, -0.1) is 0 Å². The van der Waals surface area contributed by atoms with Crippen LogP contribution < -0.4 is 18.9 Å². The van der Waals surface area contributed by atoms with E-state index in [2.05, 4.69) is 4.72 Å². The Hall–Kier alpha value is -1.96. The Morgan fingerprint density at radius 2 is 1.68 bits per heavy atom. The molecule has 0 unspecified atom stereocenters. The number of hydrogen-bond donors (Lipinski definition) is 1. The van der Waals surface area contributed by atoms with E-state index in [4.69, 9.17) is 25.8 Å². The van der Waals surface area contributed by atoms with Crippen molar-refractivity contribution in [3.8, 4) is 17.2 Å². The summed E-state index contributed by atoms with van der Waals surface area (Å²) in [5.41, 5.74) is 0. The van der Waals surface area contributed by atoms with Crippen LogP contribution in [0, 0.1) is 0 Å². The van der Waals surface area contributed by atoms with E-state index >= 15 is 0 Å². The van der Waals surface area contributed by atoms with Gasteiger partial charge in [0.15, 0.2) is 0 Å². The first-order chi connectivity index (χ1) is 11.9. The predicted molar refractivity (Wildman–Crippen MR) is 96.3 cm³/mol. The zero-order valence-corrected chi connectivity index (χ0v) is 15.7. The maximum atomic E-state index is 12.4. The Morgan fingerprint density at radius 3 is 2.24 bits per heavy atom. The molecule has 0 bridgehead atoms. The van der Waals surface area contributed by atoms with Gasteiger partial charge in [-0.2, -0.15) is 0 Å². The van der Waals surface area contributed by atoms with Crippen LogP contribution in [0.3, 0.4) is 0 Å². The van der Waals surface area contributed by atoms with Crippen molar-refractivity contribution in [2.45, 2.75) is 17.9 Å².